The molecule has 1 aliphatic heterocycles. The van der Waals surface area contributed by atoms with Gasteiger partial charge in [-0.2, -0.15) is 0 Å². The smallest absolute Gasteiger partial charge is 0.335 e. The van der Waals surface area contributed by atoms with Crippen LogP contribution >= 0.6 is 0 Å². The average molecular weight is 258 g/mol. The first kappa shape index (κ1) is 15.4. The Morgan fingerprint density at radius 3 is 2.61 bits per heavy atom. The molecule has 18 heavy (non-hydrogen) atoms. The number of carbonyl (C=O) groups excluding carboxylic acids is 1. The summed E-state index contributed by atoms with van der Waals surface area (Å²) in [4.78, 5) is 11.5. The summed E-state index contributed by atoms with van der Waals surface area (Å²) >= 11 is 0. The lowest BCUT2D eigenvalue weighted by atomic mass is 9.85. The fourth-order valence-corrected chi connectivity index (χ4v) is 2.07. The minimum atomic E-state index is -0.561. The van der Waals surface area contributed by atoms with Gasteiger partial charge in [0.05, 0.1) is 12.7 Å². The summed E-state index contributed by atoms with van der Waals surface area (Å²) < 4.78 is 16.5. The van der Waals surface area contributed by atoms with Crippen molar-refractivity contribution in [2.24, 2.45) is 5.41 Å². The second-order valence-corrected chi connectivity index (χ2v) is 5.88. The molecule has 0 radical (unpaired) electrons. The highest BCUT2D eigenvalue weighted by Gasteiger charge is 2.33. The van der Waals surface area contributed by atoms with Gasteiger partial charge in [-0.3, -0.25) is 0 Å². The van der Waals surface area contributed by atoms with Gasteiger partial charge in [0.15, 0.2) is 12.4 Å². The molecule has 0 aromatic carbocycles. The molecule has 0 N–H and O–H groups in total. The predicted molar refractivity (Wildman–Crippen MR) is 69.1 cm³/mol. The normalized spacial score (nSPS) is 26.7. The summed E-state index contributed by atoms with van der Waals surface area (Å²) in [6.07, 6.45) is 2.30. The third-order valence-corrected chi connectivity index (χ3v) is 3.16. The van der Waals surface area contributed by atoms with Crippen LogP contribution in [0, 0.1) is 5.41 Å². The number of esters is 1. The molecule has 0 bridgehead atoms. The molecule has 1 rings (SSSR count). The van der Waals surface area contributed by atoms with E-state index in [-0.39, 0.29) is 23.8 Å². The summed E-state index contributed by atoms with van der Waals surface area (Å²) in [6.45, 7) is 10.4. The molecule has 0 unspecified atom stereocenters. The van der Waals surface area contributed by atoms with Gasteiger partial charge in [-0.1, -0.05) is 20.8 Å². The van der Waals surface area contributed by atoms with Crippen molar-refractivity contribution in [2.75, 3.05) is 6.61 Å². The molecular formula is C14H26O4. The van der Waals surface area contributed by atoms with E-state index in [0.717, 1.165) is 19.3 Å². The highest BCUT2D eigenvalue weighted by Crippen LogP contribution is 2.32. The van der Waals surface area contributed by atoms with E-state index in [1.807, 2.05) is 0 Å². The second kappa shape index (κ2) is 6.53. The van der Waals surface area contributed by atoms with Crippen molar-refractivity contribution in [1.29, 1.82) is 0 Å². The number of rotatable bonds is 4. The van der Waals surface area contributed by atoms with Crippen molar-refractivity contribution in [3.8, 4) is 0 Å². The zero-order chi connectivity index (χ0) is 13.8. The van der Waals surface area contributed by atoms with Crippen LogP contribution in [0.5, 0.6) is 0 Å². The van der Waals surface area contributed by atoms with Crippen LogP contribution in [0.3, 0.4) is 0 Å². The molecule has 4 heteroatoms. The monoisotopic (exact) mass is 258 g/mol. The van der Waals surface area contributed by atoms with Gasteiger partial charge in [-0.15, -0.1) is 0 Å². The lowest BCUT2D eigenvalue weighted by Crippen LogP contribution is -2.40. The molecule has 4 nitrogen and oxygen atoms in total. The molecule has 3 atom stereocenters. The molecule has 0 saturated carbocycles. The molecular weight excluding hydrogens is 232 g/mol. The van der Waals surface area contributed by atoms with Crippen LogP contribution in [0.4, 0.5) is 0 Å². The molecule has 0 spiro atoms. The van der Waals surface area contributed by atoms with Crippen LogP contribution in [0.2, 0.25) is 0 Å². The van der Waals surface area contributed by atoms with Crippen molar-refractivity contribution < 1.29 is 19.0 Å². The SMILES string of the molecule is CCOC(=O)[C@H](C)O[C@H]1CCC[C@H](C(C)(C)C)O1. The van der Waals surface area contributed by atoms with Crippen molar-refractivity contribution in [3.63, 3.8) is 0 Å². The number of hydrogen-bond donors (Lipinski definition) is 0. The van der Waals surface area contributed by atoms with E-state index in [9.17, 15) is 4.79 Å². The van der Waals surface area contributed by atoms with Gasteiger partial charge in [0.25, 0.3) is 0 Å². The largest absolute Gasteiger partial charge is 0.464 e. The Bertz CT molecular complexity index is 269. The number of hydrogen-bond acceptors (Lipinski definition) is 4. The molecule has 0 aromatic heterocycles. The van der Waals surface area contributed by atoms with Gasteiger partial charge in [0.1, 0.15) is 0 Å². The quantitative estimate of drug-likeness (QED) is 0.727. The van der Waals surface area contributed by atoms with Crippen LogP contribution in [0.25, 0.3) is 0 Å². The summed E-state index contributed by atoms with van der Waals surface area (Å²) in [5.41, 5.74) is 0.106. The van der Waals surface area contributed by atoms with Gasteiger partial charge in [0.2, 0.25) is 0 Å². The van der Waals surface area contributed by atoms with Gasteiger partial charge in [0, 0.05) is 0 Å². The summed E-state index contributed by atoms with van der Waals surface area (Å²) in [5.74, 6) is -0.320. The second-order valence-electron chi connectivity index (χ2n) is 5.88. The minimum absolute atomic E-state index is 0.106. The zero-order valence-corrected chi connectivity index (χ0v) is 12.2. The Labute approximate surface area is 110 Å². The van der Waals surface area contributed by atoms with Gasteiger partial charge in [-0.25, -0.2) is 4.79 Å². The van der Waals surface area contributed by atoms with E-state index in [0.29, 0.717) is 6.61 Å². The maximum atomic E-state index is 11.5. The van der Waals surface area contributed by atoms with Gasteiger partial charge < -0.3 is 14.2 Å². The maximum Gasteiger partial charge on any atom is 0.335 e. The lowest BCUT2D eigenvalue weighted by molar-refractivity contribution is -0.234. The molecule has 106 valence electrons. The van der Waals surface area contributed by atoms with Crippen LogP contribution in [-0.2, 0) is 19.0 Å². The van der Waals surface area contributed by atoms with Crippen LogP contribution in [-0.4, -0.2) is 31.1 Å². The van der Waals surface area contributed by atoms with Crippen molar-refractivity contribution in [3.05, 3.63) is 0 Å². The highest BCUT2D eigenvalue weighted by atomic mass is 16.7. The number of ether oxygens (including phenoxy) is 3. The zero-order valence-electron chi connectivity index (χ0n) is 12.2. The summed E-state index contributed by atoms with van der Waals surface area (Å²) in [5, 5.41) is 0. The topological polar surface area (TPSA) is 44.8 Å². The first-order valence-corrected chi connectivity index (χ1v) is 6.82. The molecule has 0 amide bonds. The van der Waals surface area contributed by atoms with Crippen LogP contribution in [0.15, 0.2) is 0 Å². The fourth-order valence-electron chi connectivity index (χ4n) is 2.07. The standard InChI is InChI=1S/C14H26O4/c1-6-16-13(15)10(2)17-12-9-7-8-11(18-12)14(3,4)5/h10-12H,6-9H2,1-5H3/t10-,11+,12+/m0/s1. The lowest BCUT2D eigenvalue weighted by Gasteiger charge is -2.38. The molecule has 1 fully saturated rings. The third-order valence-electron chi connectivity index (χ3n) is 3.16. The highest BCUT2D eigenvalue weighted by molar-refractivity contribution is 5.74. The van der Waals surface area contributed by atoms with E-state index in [1.165, 1.54) is 0 Å². The summed E-state index contributed by atoms with van der Waals surface area (Å²) in [7, 11) is 0. The molecule has 1 aliphatic rings. The Morgan fingerprint density at radius 2 is 2.06 bits per heavy atom. The van der Waals surface area contributed by atoms with E-state index < -0.39 is 6.10 Å². The third kappa shape index (κ3) is 4.58. The first-order valence-electron chi connectivity index (χ1n) is 6.82. The Morgan fingerprint density at radius 1 is 1.39 bits per heavy atom. The fraction of sp³-hybridized carbons (Fsp3) is 0.929. The van der Waals surface area contributed by atoms with Gasteiger partial charge in [-0.05, 0) is 38.5 Å². The predicted octanol–water partition coefficient (Wildman–Crippen LogP) is 2.90. The molecule has 0 aromatic rings. The molecule has 0 aliphatic carbocycles. The van der Waals surface area contributed by atoms with Crippen molar-refractivity contribution >= 4 is 5.97 Å². The minimum Gasteiger partial charge on any atom is -0.464 e. The Balaban J connectivity index is 2.45. The van der Waals surface area contributed by atoms with Crippen molar-refractivity contribution in [2.45, 2.75) is 72.4 Å². The van der Waals surface area contributed by atoms with Crippen molar-refractivity contribution in [1.82, 2.24) is 0 Å². The van der Waals surface area contributed by atoms with Crippen LogP contribution in [0.1, 0.15) is 53.9 Å². The Kier molecular flexibility index (Phi) is 5.60. The summed E-state index contributed by atoms with van der Waals surface area (Å²) in [6, 6.07) is 0. The van der Waals surface area contributed by atoms with E-state index in [1.54, 1.807) is 13.8 Å². The molecule has 1 heterocycles. The number of carbonyl (C=O) groups is 1. The Hall–Kier alpha value is -0.610. The molecule has 1 saturated heterocycles. The van der Waals surface area contributed by atoms with Gasteiger partial charge >= 0.3 is 5.97 Å². The van der Waals surface area contributed by atoms with E-state index >= 15 is 0 Å². The maximum absolute atomic E-state index is 11.5. The average Bonchev–Trinajstić information content (AvgIpc) is 2.28. The van der Waals surface area contributed by atoms with E-state index in [4.69, 9.17) is 14.2 Å². The van der Waals surface area contributed by atoms with Crippen LogP contribution < -0.4 is 0 Å². The first-order chi connectivity index (χ1) is 8.34. The van der Waals surface area contributed by atoms with E-state index in [2.05, 4.69) is 20.8 Å².